The molecule has 2 heteroatoms. The smallest absolute Gasteiger partial charge is 0.0278 e. The van der Waals surface area contributed by atoms with Crippen LogP contribution in [0.1, 0.15) is 90.9 Å². The van der Waals surface area contributed by atoms with E-state index in [0.29, 0.717) is 6.04 Å². The summed E-state index contributed by atoms with van der Waals surface area (Å²) in [6, 6.07) is 0.715. The Bertz CT molecular complexity index is 209. The fourth-order valence-electron chi connectivity index (χ4n) is 3.27. The predicted octanol–water partition coefficient (Wildman–Crippen LogP) is 4.38. The van der Waals surface area contributed by atoms with Crippen LogP contribution in [0, 0.1) is 0 Å². The van der Waals surface area contributed by atoms with Gasteiger partial charge in [-0.15, -0.1) is 0 Å². The standard InChI is InChI=1S/C17H36N2/c1-3-4-5-8-11-14-17(2,15-18)19-16-12-9-6-7-10-13-16/h16,19H,3-15,18H2,1-2H3. The first-order valence-electron chi connectivity index (χ1n) is 8.68. The summed E-state index contributed by atoms with van der Waals surface area (Å²) in [4.78, 5) is 0. The van der Waals surface area contributed by atoms with Gasteiger partial charge in [-0.25, -0.2) is 0 Å². The van der Waals surface area contributed by atoms with E-state index >= 15 is 0 Å². The molecular weight excluding hydrogens is 232 g/mol. The van der Waals surface area contributed by atoms with Crippen molar-refractivity contribution < 1.29 is 0 Å². The van der Waals surface area contributed by atoms with Crippen LogP contribution in [0.4, 0.5) is 0 Å². The molecule has 0 aromatic heterocycles. The van der Waals surface area contributed by atoms with Crippen molar-refractivity contribution in [1.29, 1.82) is 0 Å². The maximum absolute atomic E-state index is 6.04. The number of hydrogen-bond acceptors (Lipinski definition) is 2. The van der Waals surface area contributed by atoms with Crippen molar-refractivity contribution in [3.05, 3.63) is 0 Å². The van der Waals surface area contributed by atoms with E-state index in [4.69, 9.17) is 5.73 Å². The predicted molar refractivity (Wildman–Crippen MR) is 85.5 cm³/mol. The summed E-state index contributed by atoms with van der Waals surface area (Å²) in [5, 5.41) is 3.89. The molecule has 0 heterocycles. The highest BCUT2D eigenvalue weighted by Crippen LogP contribution is 2.22. The van der Waals surface area contributed by atoms with E-state index in [-0.39, 0.29) is 5.54 Å². The number of hydrogen-bond donors (Lipinski definition) is 2. The molecule has 0 aliphatic heterocycles. The summed E-state index contributed by atoms with van der Waals surface area (Å²) in [6.45, 7) is 5.38. The zero-order valence-corrected chi connectivity index (χ0v) is 13.3. The van der Waals surface area contributed by atoms with Crippen molar-refractivity contribution in [2.45, 2.75) is 102 Å². The van der Waals surface area contributed by atoms with Gasteiger partial charge in [0.2, 0.25) is 0 Å². The molecule has 1 atom stereocenters. The number of nitrogens with two attached hydrogens (primary N) is 1. The van der Waals surface area contributed by atoms with E-state index in [1.54, 1.807) is 0 Å². The minimum atomic E-state index is 0.168. The van der Waals surface area contributed by atoms with Crippen molar-refractivity contribution in [2.24, 2.45) is 5.73 Å². The van der Waals surface area contributed by atoms with Crippen LogP contribution in [-0.4, -0.2) is 18.1 Å². The topological polar surface area (TPSA) is 38.0 Å². The summed E-state index contributed by atoms with van der Waals surface area (Å²) < 4.78 is 0. The van der Waals surface area contributed by atoms with E-state index < -0.39 is 0 Å². The highest BCUT2D eigenvalue weighted by atomic mass is 15.0. The third-order valence-electron chi connectivity index (χ3n) is 4.69. The van der Waals surface area contributed by atoms with Crippen LogP contribution in [-0.2, 0) is 0 Å². The Balaban J connectivity index is 2.27. The Morgan fingerprint density at radius 2 is 1.63 bits per heavy atom. The summed E-state index contributed by atoms with van der Waals surface area (Å²) in [5.41, 5.74) is 6.21. The first kappa shape index (κ1) is 17.0. The lowest BCUT2D eigenvalue weighted by molar-refractivity contribution is 0.272. The van der Waals surface area contributed by atoms with E-state index in [2.05, 4.69) is 19.2 Å². The van der Waals surface area contributed by atoms with Gasteiger partial charge in [0.25, 0.3) is 0 Å². The molecule has 0 spiro atoms. The molecule has 3 N–H and O–H groups in total. The van der Waals surface area contributed by atoms with Gasteiger partial charge in [-0.2, -0.15) is 0 Å². The van der Waals surface area contributed by atoms with Crippen molar-refractivity contribution in [3.8, 4) is 0 Å². The lowest BCUT2D eigenvalue weighted by atomic mass is 9.91. The number of unbranched alkanes of at least 4 members (excludes halogenated alkanes) is 4. The lowest BCUT2D eigenvalue weighted by Crippen LogP contribution is -2.52. The Morgan fingerprint density at radius 3 is 2.21 bits per heavy atom. The molecule has 0 radical (unpaired) electrons. The van der Waals surface area contributed by atoms with Crippen molar-refractivity contribution in [2.75, 3.05) is 6.54 Å². The summed E-state index contributed by atoms with van der Waals surface area (Å²) in [7, 11) is 0. The number of rotatable bonds is 9. The summed E-state index contributed by atoms with van der Waals surface area (Å²) in [5.74, 6) is 0. The molecule has 1 unspecified atom stereocenters. The third kappa shape index (κ3) is 7.31. The van der Waals surface area contributed by atoms with Gasteiger partial charge in [0.05, 0.1) is 0 Å². The molecule has 0 amide bonds. The normalized spacial score (nSPS) is 21.0. The summed E-state index contributed by atoms with van der Waals surface area (Å²) in [6.07, 6.45) is 16.4. The van der Waals surface area contributed by atoms with Crippen molar-refractivity contribution >= 4 is 0 Å². The van der Waals surface area contributed by atoms with Gasteiger partial charge in [-0.3, -0.25) is 0 Å². The molecule has 114 valence electrons. The van der Waals surface area contributed by atoms with Gasteiger partial charge < -0.3 is 11.1 Å². The first-order chi connectivity index (χ1) is 9.20. The Morgan fingerprint density at radius 1 is 1.00 bits per heavy atom. The third-order valence-corrected chi connectivity index (χ3v) is 4.69. The Kier molecular flexibility index (Phi) is 8.72. The maximum Gasteiger partial charge on any atom is 0.0278 e. The molecule has 1 saturated carbocycles. The molecular formula is C17H36N2. The van der Waals surface area contributed by atoms with Crippen LogP contribution >= 0.6 is 0 Å². The Labute approximate surface area is 120 Å². The van der Waals surface area contributed by atoms with Gasteiger partial charge in [0.15, 0.2) is 0 Å². The van der Waals surface area contributed by atoms with Crippen LogP contribution in [0.15, 0.2) is 0 Å². The molecule has 2 nitrogen and oxygen atoms in total. The Hall–Kier alpha value is -0.0800. The van der Waals surface area contributed by atoms with E-state index in [0.717, 1.165) is 6.54 Å². The van der Waals surface area contributed by atoms with Gasteiger partial charge in [-0.1, -0.05) is 64.7 Å². The van der Waals surface area contributed by atoms with Gasteiger partial charge in [-0.05, 0) is 26.2 Å². The second-order valence-electron chi connectivity index (χ2n) is 6.76. The first-order valence-corrected chi connectivity index (χ1v) is 8.68. The quantitative estimate of drug-likeness (QED) is 0.481. The monoisotopic (exact) mass is 268 g/mol. The second-order valence-corrected chi connectivity index (χ2v) is 6.76. The van der Waals surface area contributed by atoms with Crippen LogP contribution in [0.2, 0.25) is 0 Å². The lowest BCUT2D eigenvalue weighted by Gasteiger charge is -2.34. The molecule has 0 bridgehead atoms. The fourth-order valence-corrected chi connectivity index (χ4v) is 3.27. The molecule has 0 aromatic rings. The minimum Gasteiger partial charge on any atom is -0.329 e. The van der Waals surface area contributed by atoms with Crippen LogP contribution in [0.25, 0.3) is 0 Å². The average Bonchev–Trinajstić information content (AvgIpc) is 2.67. The zero-order chi connectivity index (χ0) is 14.0. The molecule has 0 saturated heterocycles. The van der Waals surface area contributed by atoms with Crippen molar-refractivity contribution in [3.63, 3.8) is 0 Å². The summed E-state index contributed by atoms with van der Waals surface area (Å²) >= 11 is 0. The molecule has 1 aliphatic carbocycles. The molecule has 1 rings (SSSR count). The average molecular weight is 268 g/mol. The highest BCUT2D eigenvalue weighted by Gasteiger charge is 2.25. The van der Waals surface area contributed by atoms with Crippen LogP contribution in [0.5, 0.6) is 0 Å². The molecule has 1 fully saturated rings. The van der Waals surface area contributed by atoms with E-state index in [9.17, 15) is 0 Å². The van der Waals surface area contributed by atoms with E-state index in [1.165, 1.54) is 77.0 Å². The fraction of sp³-hybridized carbons (Fsp3) is 1.00. The van der Waals surface area contributed by atoms with Crippen LogP contribution in [0.3, 0.4) is 0 Å². The molecule has 1 aliphatic rings. The SMILES string of the molecule is CCCCCCCC(C)(CN)NC1CCCCCC1. The van der Waals surface area contributed by atoms with Gasteiger partial charge >= 0.3 is 0 Å². The van der Waals surface area contributed by atoms with Crippen molar-refractivity contribution in [1.82, 2.24) is 5.32 Å². The zero-order valence-electron chi connectivity index (χ0n) is 13.3. The van der Waals surface area contributed by atoms with Gasteiger partial charge in [0.1, 0.15) is 0 Å². The van der Waals surface area contributed by atoms with Gasteiger partial charge in [0, 0.05) is 18.1 Å². The number of nitrogens with one attached hydrogen (secondary N) is 1. The maximum atomic E-state index is 6.04. The largest absolute Gasteiger partial charge is 0.329 e. The van der Waals surface area contributed by atoms with E-state index in [1.807, 2.05) is 0 Å². The highest BCUT2D eigenvalue weighted by molar-refractivity contribution is 4.88. The van der Waals surface area contributed by atoms with Crippen LogP contribution < -0.4 is 11.1 Å². The minimum absolute atomic E-state index is 0.168. The molecule has 0 aromatic carbocycles. The second kappa shape index (κ2) is 9.77. The molecule has 19 heavy (non-hydrogen) atoms.